The van der Waals surface area contributed by atoms with Crippen LogP contribution in [0.1, 0.15) is 36.0 Å². The first kappa shape index (κ1) is 26.9. The molecule has 1 fully saturated rings. The zero-order valence-electron chi connectivity index (χ0n) is 21.5. The molecule has 0 bridgehead atoms. The Kier molecular flexibility index (Phi) is 8.27. The van der Waals surface area contributed by atoms with Crippen LogP contribution in [0.25, 0.3) is 22.5 Å². The predicted octanol–water partition coefficient (Wildman–Crippen LogP) is 6.19. The molecule has 0 radical (unpaired) electrons. The van der Waals surface area contributed by atoms with Crippen molar-refractivity contribution in [2.24, 2.45) is 7.05 Å². The van der Waals surface area contributed by atoms with Crippen LogP contribution in [0.4, 0.5) is 9.39 Å². The number of amides is 1. The normalized spacial score (nSPS) is 13.4. The van der Waals surface area contributed by atoms with Crippen molar-refractivity contribution in [3.8, 4) is 28.3 Å². The van der Waals surface area contributed by atoms with E-state index >= 15 is 0 Å². The number of carbonyl (C=O) groups is 2. The second kappa shape index (κ2) is 12.0. The Bertz CT molecular complexity index is 1460. The van der Waals surface area contributed by atoms with Gasteiger partial charge in [-0.15, -0.1) is 21.5 Å². The van der Waals surface area contributed by atoms with Crippen molar-refractivity contribution < 1.29 is 23.5 Å². The summed E-state index contributed by atoms with van der Waals surface area (Å²) >= 11 is 2.44. The van der Waals surface area contributed by atoms with E-state index < -0.39 is 5.97 Å². The summed E-state index contributed by atoms with van der Waals surface area (Å²) in [6.07, 6.45) is 4.94. The number of thiophene rings is 1. The molecule has 2 aromatic heterocycles. The molecule has 39 heavy (non-hydrogen) atoms. The van der Waals surface area contributed by atoms with Crippen molar-refractivity contribution in [2.45, 2.75) is 36.9 Å². The maximum atomic E-state index is 13.4. The highest BCUT2D eigenvalue weighted by atomic mass is 32.2. The Morgan fingerprint density at radius 3 is 2.46 bits per heavy atom. The van der Waals surface area contributed by atoms with Gasteiger partial charge >= 0.3 is 5.97 Å². The Balaban J connectivity index is 1.23. The lowest BCUT2D eigenvalue weighted by Gasteiger charge is -2.13. The number of benzene rings is 2. The van der Waals surface area contributed by atoms with Crippen molar-refractivity contribution in [3.05, 3.63) is 65.3 Å². The number of anilines is 1. The Labute approximate surface area is 233 Å². The van der Waals surface area contributed by atoms with Gasteiger partial charge in [-0.05, 0) is 67.6 Å². The molecular formula is C28H27FN4O4S2. The van der Waals surface area contributed by atoms with Gasteiger partial charge in [0, 0.05) is 23.6 Å². The third kappa shape index (κ3) is 6.15. The molecule has 4 aromatic rings. The highest BCUT2D eigenvalue weighted by Gasteiger charge is 2.23. The first-order chi connectivity index (χ1) is 18.9. The van der Waals surface area contributed by atoms with Crippen LogP contribution >= 0.6 is 23.1 Å². The molecule has 8 nitrogen and oxygen atoms in total. The van der Waals surface area contributed by atoms with Crippen molar-refractivity contribution in [1.29, 1.82) is 0 Å². The number of esters is 1. The molecular weight excluding hydrogens is 539 g/mol. The van der Waals surface area contributed by atoms with Crippen LogP contribution in [0, 0.1) is 5.82 Å². The van der Waals surface area contributed by atoms with Gasteiger partial charge < -0.3 is 19.4 Å². The SMILES string of the molecule is COC(=O)c1c(-c2ccc(F)cc2)csc1NC(=O)CSc1nnc(-c2ccc(OC3CCCC3)cc2)n1C. The number of thioether (sulfide) groups is 1. The molecule has 0 spiro atoms. The van der Waals surface area contributed by atoms with E-state index in [4.69, 9.17) is 9.47 Å². The van der Waals surface area contributed by atoms with E-state index in [0.29, 0.717) is 33.2 Å². The third-order valence-corrected chi connectivity index (χ3v) is 8.39. The highest BCUT2D eigenvalue weighted by Crippen LogP contribution is 2.36. The van der Waals surface area contributed by atoms with Crippen molar-refractivity contribution in [1.82, 2.24) is 14.8 Å². The summed E-state index contributed by atoms with van der Waals surface area (Å²) in [5.41, 5.74) is 2.34. The zero-order chi connectivity index (χ0) is 27.4. The van der Waals surface area contributed by atoms with E-state index in [2.05, 4.69) is 15.5 Å². The average molecular weight is 567 g/mol. The first-order valence-corrected chi connectivity index (χ1v) is 14.3. The Hall–Kier alpha value is -3.70. The third-order valence-electron chi connectivity index (χ3n) is 6.47. The molecule has 1 aliphatic rings. The number of ether oxygens (including phenoxy) is 2. The summed E-state index contributed by atoms with van der Waals surface area (Å²) in [5.74, 6) is 0.315. The lowest BCUT2D eigenvalue weighted by atomic mass is 10.0. The first-order valence-electron chi connectivity index (χ1n) is 12.5. The second-order valence-corrected chi connectivity index (χ2v) is 10.9. The van der Waals surface area contributed by atoms with Gasteiger partial charge in [0.15, 0.2) is 11.0 Å². The maximum absolute atomic E-state index is 13.4. The fraction of sp³-hybridized carbons (Fsp3) is 0.286. The molecule has 0 unspecified atom stereocenters. The standard InChI is InChI=1S/C28H27FN4O4S2/c1-33-25(18-9-13-21(14-10-18)37-20-5-3-4-6-20)31-32-28(33)39-16-23(34)30-26-24(27(35)36-2)22(15-38-26)17-7-11-19(29)12-8-17/h7-15,20H,3-6,16H2,1-2H3,(H,30,34). The number of nitrogens with one attached hydrogen (secondary N) is 1. The van der Waals surface area contributed by atoms with Gasteiger partial charge in [0.05, 0.1) is 19.0 Å². The van der Waals surface area contributed by atoms with Gasteiger partial charge in [-0.25, -0.2) is 9.18 Å². The number of carbonyl (C=O) groups excluding carboxylic acids is 2. The summed E-state index contributed by atoms with van der Waals surface area (Å²) in [5, 5.41) is 14.0. The molecule has 1 aliphatic carbocycles. The molecule has 0 saturated heterocycles. The number of hydrogen-bond acceptors (Lipinski definition) is 8. The summed E-state index contributed by atoms with van der Waals surface area (Å²) in [4.78, 5) is 25.3. The molecule has 2 aromatic carbocycles. The van der Waals surface area contributed by atoms with Gasteiger partial charge in [0.2, 0.25) is 5.91 Å². The fourth-order valence-electron chi connectivity index (χ4n) is 4.46. The number of nitrogens with zero attached hydrogens (tertiary/aromatic N) is 3. The van der Waals surface area contributed by atoms with Gasteiger partial charge in [-0.3, -0.25) is 4.79 Å². The quantitative estimate of drug-likeness (QED) is 0.191. The molecule has 1 N–H and O–H groups in total. The average Bonchev–Trinajstić information content (AvgIpc) is 3.69. The maximum Gasteiger partial charge on any atom is 0.341 e. The topological polar surface area (TPSA) is 95.3 Å². The van der Waals surface area contributed by atoms with Gasteiger partial charge in [-0.1, -0.05) is 23.9 Å². The molecule has 0 atom stereocenters. The van der Waals surface area contributed by atoms with E-state index in [1.807, 2.05) is 35.9 Å². The molecule has 1 saturated carbocycles. The van der Waals surface area contributed by atoms with Crippen LogP contribution in [0.15, 0.2) is 59.1 Å². The Morgan fingerprint density at radius 2 is 1.77 bits per heavy atom. The number of aromatic nitrogens is 3. The number of rotatable bonds is 9. The molecule has 5 rings (SSSR count). The largest absolute Gasteiger partial charge is 0.490 e. The van der Waals surface area contributed by atoms with Gasteiger partial charge in [-0.2, -0.15) is 0 Å². The van der Waals surface area contributed by atoms with Crippen LogP contribution in [-0.2, 0) is 16.6 Å². The van der Waals surface area contributed by atoms with Gasteiger partial charge in [0.25, 0.3) is 0 Å². The van der Waals surface area contributed by atoms with Gasteiger partial charge in [0.1, 0.15) is 22.1 Å². The summed E-state index contributed by atoms with van der Waals surface area (Å²) in [6, 6.07) is 13.6. The van der Waals surface area contributed by atoms with Crippen LogP contribution in [0.2, 0.25) is 0 Å². The van der Waals surface area contributed by atoms with Crippen LogP contribution < -0.4 is 10.1 Å². The zero-order valence-corrected chi connectivity index (χ0v) is 23.1. The summed E-state index contributed by atoms with van der Waals surface area (Å²) in [7, 11) is 3.12. The van der Waals surface area contributed by atoms with Crippen molar-refractivity contribution >= 4 is 40.0 Å². The smallest absolute Gasteiger partial charge is 0.341 e. The van der Waals surface area contributed by atoms with Crippen molar-refractivity contribution in [3.63, 3.8) is 0 Å². The predicted molar refractivity (Wildman–Crippen MR) is 150 cm³/mol. The minimum absolute atomic E-state index is 0.0601. The Morgan fingerprint density at radius 1 is 1.08 bits per heavy atom. The second-order valence-electron chi connectivity index (χ2n) is 9.10. The lowest BCUT2D eigenvalue weighted by molar-refractivity contribution is -0.113. The highest BCUT2D eigenvalue weighted by molar-refractivity contribution is 7.99. The number of halogens is 1. The van der Waals surface area contributed by atoms with Crippen LogP contribution in [0.5, 0.6) is 5.75 Å². The van der Waals surface area contributed by atoms with E-state index in [9.17, 15) is 14.0 Å². The molecule has 0 aliphatic heterocycles. The van der Waals surface area contributed by atoms with Crippen LogP contribution in [-0.4, -0.2) is 45.6 Å². The molecule has 202 valence electrons. The van der Waals surface area contributed by atoms with Crippen LogP contribution in [0.3, 0.4) is 0 Å². The monoisotopic (exact) mass is 566 g/mol. The molecule has 2 heterocycles. The lowest BCUT2D eigenvalue weighted by Crippen LogP contribution is -2.16. The fourth-order valence-corrected chi connectivity index (χ4v) is 6.15. The molecule has 1 amide bonds. The minimum atomic E-state index is -0.587. The van der Waals surface area contributed by atoms with E-state index in [0.717, 1.165) is 24.2 Å². The van der Waals surface area contributed by atoms with E-state index in [-0.39, 0.29) is 23.0 Å². The minimum Gasteiger partial charge on any atom is -0.490 e. The number of hydrogen-bond donors (Lipinski definition) is 1. The number of methoxy groups -OCH3 is 1. The summed E-state index contributed by atoms with van der Waals surface area (Å²) < 4.78 is 26.2. The summed E-state index contributed by atoms with van der Waals surface area (Å²) in [6.45, 7) is 0. The van der Waals surface area contributed by atoms with E-state index in [1.165, 1.54) is 55.2 Å². The van der Waals surface area contributed by atoms with Crippen molar-refractivity contribution in [2.75, 3.05) is 18.2 Å². The molecule has 11 heteroatoms. The van der Waals surface area contributed by atoms with E-state index in [1.54, 1.807) is 17.5 Å².